The molecule has 16 heavy (non-hydrogen) atoms. The molecular weight excluding hydrogens is 224 g/mol. The Labute approximate surface area is 96.9 Å². The molecule has 0 aliphatic rings. The van der Waals surface area contributed by atoms with E-state index in [-0.39, 0.29) is 5.75 Å². The van der Waals surface area contributed by atoms with Crippen LogP contribution in [0.2, 0.25) is 0 Å². The molecule has 0 radical (unpaired) electrons. The lowest BCUT2D eigenvalue weighted by molar-refractivity contribution is 0.598. The molecule has 1 aromatic rings. The predicted octanol–water partition coefficient (Wildman–Crippen LogP) is 1.31. The maximum absolute atomic E-state index is 10.8. The van der Waals surface area contributed by atoms with E-state index in [1.54, 1.807) is 0 Å². The van der Waals surface area contributed by atoms with Crippen LogP contribution in [0, 0.1) is 20.8 Å². The summed E-state index contributed by atoms with van der Waals surface area (Å²) in [6.07, 6.45) is 0. The van der Waals surface area contributed by atoms with Crippen LogP contribution in [0.5, 0.6) is 0 Å². The van der Waals surface area contributed by atoms with E-state index >= 15 is 0 Å². The Hall–Kier alpha value is -1.07. The molecule has 0 atom stereocenters. The number of rotatable bonds is 4. The molecule has 0 spiro atoms. The molecule has 3 N–H and O–H groups in total. The Morgan fingerprint density at radius 1 is 1.19 bits per heavy atom. The largest absolute Gasteiger partial charge is 0.384 e. The van der Waals surface area contributed by atoms with E-state index in [1.165, 1.54) is 5.56 Å². The van der Waals surface area contributed by atoms with E-state index in [2.05, 4.69) is 17.4 Å². The molecule has 4 nitrogen and oxygen atoms in total. The highest BCUT2D eigenvalue weighted by molar-refractivity contribution is 7.89. The van der Waals surface area contributed by atoms with Gasteiger partial charge in [0.15, 0.2) is 0 Å². The lowest BCUT2D eigenvalue weighted by atomic mass is 10.1. The number of hydrogen-bond donors (Lipinski definition) is 2. The summed E-state index contributed by atoms with van der Waals surface area (Å²) >= 11 is 0. The van der Waals surface area contributed by atoms with Gasteiger partial charge < -0.3 is 5.32 Å². The van der Waals surface area contributed by atoms with Crippen molar-refractivity contribution in [3.63, 3.8) is 0 Å². The molecule has 0 fully saturated rings. The molecule has 90 valence electrons. The van der Waals surface area contributed by atoms with Gasteiger partial charge in [-0.2, -0.15) is 0 Å². The van der Waals surface area contributed by atoms with Crippen molar-refractivity contribution in [3.05, 3.63) is 28.8 Å². The highest BCUT2D eigenvalue weighted by atomic mass is 32.2. The van der Waals surface area contributed by atoms with Gasteiger partial charge in [-0.3, -0.25) is 0 Å². The average Bonchev–Trinajstić information content (AvgIpc) is 2.07. The zero-order valence-corrected chi connectivity index (χ0v) is 10.7. The smallest absolute Gasteiger partial charge is 0.210 e. The summed E-state index contributed by atoms with van der Waals surface area (Å²) in [4.78, 5) is 0. The standard InChI is InChI=1S/C11H18N2O2S/c1-8-6-9(2)11(10(3)7-8)13-4-5-16(12,14)15/h6-7,13H,4-5H2,1-3H3,(H2,12,14,15). The summed E-state index contributed by atoms with van der Waals surface area (Å²) in [5.41, 5.74) is 4.43. The molecular formula is C11H18N2O2S. The van der Waals surface area contributed by atoms with Crippen molar-refractivity contribution in [3.8, 4) is 0 Å². The van der Waals surface area contributed by atoms with E-state index in [0.29, 0.717) is 6.54 Å². The first-order chi connectivity index (χ1) is 7.29. The van der Waals surface area contributed by atoms with Gasteiger partial charge in [0.05, 0.1) is 5.75 Å². The Morgan fingerprint density at radius 3 is 2.12 bits per heavy atom. The van der Waals surface area contributed by atoms with E-state index in [1.807, 2.05) is 20.8 Å². The van der Waals surface area contributed by atoms with Crippen LogP contribution < -0.4 is 10.5 Å². The van der Waals surface area contributed by atoms with Gasteiger partial charge in [-0.15, -0.1) is 0 Å². The molecule has 0 unspecified atom stereocenters. The van der Waals surface area contributed by atoms with Crippen molar-refractivity contribution in [1.82, 2.24) is 0 Å². The third-order valence-corrected chi connectivity index (χ3v) is 3.14. The maximum Gasteiger partial charge on any atom is 0.210 e. The lowest BCUT2D eigenvalue weighted by Gasteiger charge is -2.13. The second-order valence-corrected chi connectivity index (χ2v) is 5.80. The van der Waals surface area contributed by atoms with Crippen LogP contribution in [0.15, 0.2) is 12.1 Å². The summed E-state index contributed by atoms with van der Waals surface area (Å²) in [6, 6.07) is 4.12. The zero-order valence-electron chi connectivity index (χ0n) is 9.87. The van der Waals surface area contributed by atoms with E-state index < -0.39 is 10.0 Å². The van der Waals surface area contributed by atoms with Crippen LogP contribution in [0.3, 0.4) is 0 Å². The van der Waals surface area contributed by atoms with Crippen molar-refractivity contribution in [1.29, 1.82) is 0 Å². The number of sulfonamides is 1. The predicted molar refractivity (Wildman–Crippen MR) is 67.1 cm³/mol. The Balaban J connectivity index is 2.75. The van der Waals surface area contributed by atoms with E-state index in [0.717, 1.165) is 16.8 Å². The SMILES string of the molecule is Cc1cc(C)c(NCCS(N)(=O)=O)c(C)c1. The van der Waals surface area contributed by atoms with Gasteiger partial charge in [0.1, 0.15) is 0 Å². The average molecular weight is 242 g/mol. The van der Waals surface area contributed by atoms with Crippen molar-refractivity contribution in [2.75, 3.05) is 17.6 Å². The van der Waals surface area contributed by atoms with Gasteiger partial charge in [0, 0.05) is 12.2 Å². The minimum atomic E-state index is -3.39. The van der Waals surface area contributed by atoms with Crippen molar-refractivity contribution in [2.45, 2.75) is 20.8 Å². The van der Waals surface area contributed by atoms with Gasteiger partial charge in [-0.25, -0.2) is 13.6 Å². The highest BCUT2D eigenvalue weighted by Crippen LogP contribution is 2.21. The second kappa shape index (κ2) is 4.84. The maximum atomic E-state index is 10.8. The first kappa shape index (κ1) is 13.0. The van der Waals surface area contributed by atoms with Crippen molar-refractivity contribution >= 4 is 15.7 Å². The summed E-state index contributed by atoms with van der Waals surface area (Å²) in [7, 11) is -3.39. The third kappa shape index (κ3) is 3.83. The molecule has 0 bridgehead atoms. The number of nitrogens with one attached hydrogen (secondary N) is 1. The molecule has 5 heteroatoms. The van der Waals surface area contributed by atoms with Gasteiger partial charge in [-0.1, -0.05) is 17.7 Å². The zero-order chi connectivity index (χ0) is 12.3. The number of aryl methyl sites for hydroxylation is 3. The van der Waals surface area contributed by atoms with Crippen LogP contribution in [0.25, 0.3) is 0 Å². The lowest BCUT2D eigenvalue weighted by Crippen LogP contribution is -2.22. The van der Waals surface area contributed by atoms with E-state index in [9.17, 15) is 8.42 Å². The fourth-order valence-electron chi connectivity index (χ4n) is 1.78. The third-order valence-electron chi connectivity index (χ3n) is 2.37. The summed E-state index contributed by atoms with van der Waals surface area (Å²) in [5, 5.41) is 8.04. The number of benzene rings is 1. The van der Waals surface area contributed by atoms with Gasteiger partial charge in [0.2, 0.25) is 10.0 Å². The van der Waals surface area contributed by atoms with Crippen LogP contribution in [-0.4, -0.2) is 20.7 Å². The molecule has 0 aromatic heterocycles. The Morgan fingerprint density at radius 2 is 1.69 bits per heavy atom. The van der Waals surface area contributed by atoms with Crippen molar-refractivity contribution < 1.29 is 8.42 Å². The monoisotopic (exact) mass is 242 g/mol. The molecule has 1 rings (SSSR count). The molecule has 1 aromatic carbocycles. The summed E-state index contributed by atoms with van der Waals surface area (Å²) in [5.74, 6) is -0.0558. The number of nitrogens with two attached hydrogens (primary N) is 1. The quantitative estimate of drug-likeness (QED) is 0.836. The van der Waals surface area contributed by atoms with E-state index in [4.69, 9.17) is 5.14 Å². The van der Waals surface area contributed by atoms with Gasteiger partial charge in [0.25, 0.3) is 0 Å². The minimum Gasteiger partial charge on any atom is -0.384 e. The molecule has 0 saturated heterocycles. The van der Waals surface area contributed by atoms with Crippen LogP contribution in [0.4, 0.5) is 5.69 Å². The molecule has 0 heterocycles. The fourth-order valence-corrected chi connectivity index (χ4v) is 2.16. The van der Waals surface area contributed by atoms with Crippen LogP contribution in [-0.2, 0) is 10.0 Å². The van der Waals surface area contributed by atoms with Gasteiger partial charge >= 0.3 is 0 Å². The minimum absolute atomic E-state index is 0.0558. The molecule has 0 aliphatic heterocycles. The summed E-state index contributed by atoms with van der Waals surface area (Å²) in [6.45, 7) is 6.37. The van der Waals surface area contributed by atoms with Crippen LogP contribution in [0.1, 0.15) is 16.7 Å². The Kier molecular flexibility index (Phi) is 3.93. The topological polar surface area (TPSA) is 72.2 Å². The molecule has 0 amide bonds. The highest BCUT2D eigenvalue weighted by Gasteiger charge is 2.05. The first-order valence-electron chi connectivity index (χ1n) is 5.12. The molecule has 0 aliphatic carbocycles. The summed E-state index contributed by atoms with van der Waals surface area (Å²) < 4.78 is 21.6. The fraction of sp³-hybridized carbons (Fsp3) is 0.455. The Bertz CT molecular complexity index is 458. The molecule has 0 saturated carbocycles. The second-order valence-electron chi connectivity index (χ2n) is 4.07. The number of anilines is 1. The number of hydrogen-bond acceptors (Lipinski definition) is 3. The number of primary sulfonamides is 1. The van der Waals surface area contributed by atoms with Crippen molar-refractivity contribution in [2.24, 2.45) is 5.14 Å². The normalized spacial score (nSPS) is 11.5. The van der Waals surface area contributed by atoms with Crippen LogP contribution >= 0.6 is 0 Å². The van der Waals surface area contributed by atoms with Gasteiger partial charge in [-0.05, 0) is 31.9 Å². The first-order valence-corrected chi connectivity index (χ1v) is 6.83.